The van der Waals surface area contributed by atoms with Gasteiger partial charge in [0.05, 0.1) is 10.5 Å². The molecule has 0 spiro atoms. The predicted molar refractivity (Wildman–Crippen MR) is 130 cm³/mol. The summed E-state index contributed by atoms with van der Waals surface area (Å²) in [4.78, 5) is 29.3. The number of hydrogen-bond donors (Lipinski definition) is 1. The third kappa shape index (κ3) is 5.08. The zero-order valence-electron chi connectivity index (χ0n) is 19.4. The largest absolute Gasteiger partial charge is 0.417 e. The molecule has 1 aliphatic rings. The van der Waals surface area contributed by atoms with Gasteiger partial charge in [0.25, 0.3) is 11.6 Å². The van der Waals surface area contributed by atoms with Crippen molar-refractivity contribution in [3.8, 4) is 11.1 Å². The standard InChI is InChI=1S/C25H21F3N6O3/c26-25(27,28)18-14-21(16-4-6-17(7-5-16)23(35)32-12-2-1-3-13-32)22-30-24(31-33(22)15-18)29-19-8-10-20(11-9-19)34(36)37/h4-11,14-15H,1-3,12-13H2,(H,29,31). The van der Waals surface area contributed by atoms with Gasteiger partial charge in [-0.15, -0.1) is 5.10 Å². The van der Waals surface area contributed by atoms with Gasteiger partial charge in [-0.2, -0.15) is 18.2 Å². The van der Waals surface area contributed by atoms with Gasteiger partial charge in [0.1, 0.15) is 0 Å². The fourth-order valence-electron chi connectivity index (χ4n) is 4.27. The summed E-state index contributed by atoms with van der Waals surface area (Å²) in [6, 6.07) is 12.9. The van der Waals surface area contributed by atoms with Crippen molar-refractivity contribution < 1.29 is 22.9 Å². The number of aromatic nitrogens is 3. The van der Waals surface area contributed by atoms with Crippen LogP contribution in [0.5, 0.6) is 0 Å². The number of rotatable bonds is 5. The summed E-state index contributed by atoms with van der Waals surface area (Å²) in [5, 5.41) is 17.8. The zero-order valence-corrected chi connectivity index (χ0v) is 19.4. The number of fused-ring (bicyclic) bond motifs is 1. The molecular formula is C25H21F3N6O3. The molecule has 2 aromatic heterocycles. The van der Waals surface area contributed by atoms with E-state index in [9.17, 15) is 28.1 Å². The Morgan fingerprint density at radius 2 is 1.68 bits per heavy atom. The summed E-state index contributed by atoms with van der Waals surface area (Å²) in [6.45, 7) is 1.39. The van der Waals surface area contributed by atoms with E-state index >= 15 is 0 Å². The van der Waals surface area contributed by atoms with Gasteiger partial charge in [-0.3, -0.25) is 14.9 Å². The minimum Gasteiger partial charge on any atom is -0.339 e. The number of benzene rings is 2. The number of non-ortho nitro benzene ring substituents is 1. The number of nitro groups is 1. The van der Waals surface area contributed by atoms with E-state index in [0.29, 0.717) is 29.9 Å². The first-order valence-electron chi connectivity index (χ1n) is 11.6. The second kappa shape index (κ2) is 9.52. The van der Waals surface area contributed by atoms with Crippen LogP contribution in [0.25, 0.3) is 16.8 Å². The molecule has 0 aliphatic carbocycles. The SMILES string of the molecule is O=C(c1ccc(-c2cc(C(F)(F)F)cn3nc(Nc4ccc([N+](=O)[O-])cc4)nc23)cc1)N1CCCCC1. The highest BCUT2D eigenvalue weighted by Crippen LogP contribution is 2.34. The Morgan fingerprint density at radius 1 is 1.00 bits per heavy atom. The molecule has 1 aliphatic heterocycles. The lowest BCUT2D eigenvalue weighted by atomic mass is 10.0. The van der Waals surface area contributed by atoms with E-state index in [-0.39, 0.29) is 28.8 Å². The van der Waals surface area contributed by atoms with E-state index in [2.05, 4.69) is 15.4 Å². The Hall–Kier alpha value is -4.48. The number of likely N-dealkylation sites (tertiary alicyclic amines) is 1. The number of hydrogen-bond acceptors (Lipinski definition) is 6. The van der Waals surface area contributed by atoms with Crippen molar-refractivity contribution in [3.63, 3.8) is 0 Å². The number of carbonyl (C=O) groups excluding carboxylic acids is 1. The third-order valence-corrected chi connectivity index (χ3v) is 6.18. The number of alkyl halides is 3. The molecule has 1 fully saturated rings. The minimum atomic E-state index is -4.62. The van der Waals surface area contributed by atoms with Crippen molar-refractivity contribution >= 4 is 28.9 Å². The maximum atomic E-state index is 13.7. The fourth-order valence-corrected chi connectivity index (χ4v) is 4.27. The first kappa shape index (κ1) is 24.2. The molecule has 1 N–H and O–H groups in total. The summed E-state index contributed by atoms with van der Waals surface area (Å²) in [7, 11) is 0. The lowest BCUT2D eigenvalue weighted by Gasteiger charge is -2.26. The molecule has 0 radical (unpaired) electrons. The lowest BCUT2D eigenvalue weighted by molar-refractivity contribution is -0.384. The average molecular weight is 510 g/mol. The fraction of sp³-hybridized carbons (Fsp3) is 0.240. The van der Waals surface area contributed by atoms with E-state index < -0.39 is 16.7 Å². The summed E-state index contributed by atoms with van der Waals surface area (Å²) in [6.07, 6.45) is -0.774. The van der Waals surface area contributed by atoms with Crippen LogP contribution in [-0.2, 0) is 6.18 Å². The smallest absolute Gasteiger partial charge is 0.339 e. The number of halogens is 3. The summed E-state index contributed by atoms with van der Waals surface area (Å²) in [5.41, 5.74) is 0.697. The highest BCUT2D eigenvalue weighted by Gasteiger charge is 2.32. The Bertz CT molecular complexity index is 1460. The minimum absolute atomic E-state index is 0.0197. The van der Waals surface area contributed by atoms with Crippen molar-refractivity contribution in [2.24, 2.45) is 0 Å². The quantitative estimate of drug-likeness (QED) is 0.273. The molecule has 9 nitrogen and oxygen atoms in total. The molecule has 0 atom stereocenters. The molecule has 4 aromatic rings. The van der Waals surface area contributed by atoms with Gasteiger partial charge < -0.3 is 10.2 Å². The maximum Gasteiger partial charge on any atom is 0.417 e. The Labute approximate surface area is 208 Å². The van der Waals surface area contributed by atoms with Crippen LogP contribution in [0.2, 0.25) is 0 Å². The zero-order chi connectivity index (χ0) is 26.2. The molecule has 1 amide bonds. The molecule has 12 heteroatoms. The number of nitrogens with one attached hydrogen (secondary N) is 1. The van der Waals surface area contributed by atoms with Crippen LogP contribution in [0.15, 0.2) is 60.8 Å². The van der Waals surface area contributed by atoms with Gasteiger partial charge in [0.2, 0.25) is 5.95 Å². The average Bonchev–Trinajstić information content (AvgIpc) is 3.30. The lowest BCUT2D eigenvalue weighted by Crippen LogP contribution is -2.35. The van der Waals surface area contributed by atoms with Gasteiger partial charge in [-0.1, -0.05) is 12.1 Å². The predicted octanol–water partition coefficient (Wildman–Crippen LogP) is 5.69. The molecule has 0 bridgehead atoms. The summed E-state index contributed by atoms with van der Waals surface area (Å²) < 4.78 is 42.0. The second-order valence-electron chi connectivity index (χ2n) is 8.70. The third-order valence-electron chi connectivity index (χ3n) is 6.18. The normalized spacial score (nSPS) is 14.1. The monoisotopic (exact) mass is 510 g/mol. The number of amides is 1. The van der Waals surface area contributed by atoms with Crippen molar-refractivity contribution in [3.05, 3.63) is 82.0 Å². The molecule has 2 aromatic carbocycles. The Kier molecular flexibility index (Phi) is 6.24. The Morgan fingerprint density at radius 3 is 2.30 bits per heavy atom. The number of pyridine rings is 1. The molecule has 0 unspecified atom stereocenters. The molecule has 5 rings (SSSR count). The Balaban J connectivity index is 1.49. The number of nitrogens with zero attached hydrogens (tertiary/aromatic N) is 5. The van der Waals surface area contributed by atoms with Crippen molar-refractivity contribution in [1.82, 2.24) is 19.5 Å². The van der Waals surface area contributed by atoms with Crippen LogP contribution >= 0.6 is 0 Å². The van der Waals surface area contributed by atoms with Gasteiger partial charge in [0, 0.05) is 48.2 Å². The van der Waals surface area contributed by atoms with E-state index in [1.807, 2.05) is 0 Å². The number of anilines is 2. The van der Waals surface area contributed by atoms with Gasteiger partial charge >= 0.3 is 6.18 Å². The topological polar surface area (TPSA) is 106 Å². The van der Waals surface area contributed by atoms with Crippen LogP contribution in [-0.4, -0.2) is 43.4 Å². The molecular weight excluding hydrogens is 489 g/mol. The molecule has 37 heavy (non-hydrogen) atoms. The first-order chi connectivity index (χ1) is 17.7. The van der Waals surface area contributed by atoms with Crippen LogP contribution < -0.4 is 5.32 Å². The molecule has 3 heterocycles. The van der Waals surface area contributed by atoms with Gasteiger partial charge in [-0.25, -0.2) is 4.52 Å². The number of piperidine rings is 1. The molecule has 190 valence electrons. The first-order valence-corrected chi connectivity index (χ1v) is 11.6. The van der Waals surface area contributed by atoms with E-state index in [4.69, 9.17) is 0 Å². The van der Waals surface area contributed by atoms with E-state index in [1.165, 1.54) is 24.3 Å². The maximum absolute atomic E-state index is 13.7. The van der Waals surface area contributed by atoms with Crippen molar-refractivity contribution in [2.75, 3.05) is 18.4 Å². The number of carbonyl (C=O) groups is 1. The van der Waals surface area contributed by atoms with Crippen molar-refractivity contribution in [2.45, 2.75) is 25.4 Å². The highest BCUT2D eigenvalue weighted by molar-refractivity contribution is 5.95. The van der Waals surface area contributed by atoms with Crippen LogP contribution in [0.1, 0.15) is 35.2 Å². The molecule has 1 saturated heterocycles. The van der Waals surface area contributed by atoms with Gasteiger partial charge in [-0.05, 0) is 55.2 Å². The van der Waals surface area contributed by atoms with E-state index in [1.54, 1.807) is 29.2 Å². The van der Waals surface area contributed by atoms with Crippen molar-refractivity contribution in [1.29, 1.82) is 0 Å². The highest BCUT2D eigenvalue weighted by atomic mass is 19.4. The second-order valence-corrected chi connectivity index (χ2v) is 8.70. The summed E-state index contributed by atoms with van der Waals surface area (Å²) in [5.74, 6) is -0.0798. The van der Waals surface area contributed by atoms with Gasteiger partial charge in [0.15, 0.2) is 5.65 Å². The number of nitro benzene ring substituents is 1. The summed E-state index contributed by atoms with van der Waals surface area (Å²) >= 11 is 0. The van der Waals surface area contributed by atoms with Crippen LogP contribution in [0, 0.1) is 10.1 Å². The van der Waals surface area contributed by atoms with Crippen LogP contribution in [0.3, 0.4) is 0 Å². The van der Waals surface area contributed by atoms with E-state index in [0.717, 1.165) is 36.0 Å². The van der Waals surface area contributed by atoms with Crippen LogP contribution in [0.4, 0.5) is 30.5 Å². The molecule has 0 saturated carbocycles.